The van der Waals surface area contributed by atoms with E-state index in [1.807, 2.05) is 30.3 Å². The molecule has 78 valence electrons. The van der Waals surface area contributed by atoms with Crippen molar-refractivity contribution in [2.75, 3.05) is 0 Å². The van der Waals surface area contributed by atoms with Crippen LogP contribution in [-0.4, -0.2) is 5.11 Å². The van der Waals surface area contributed by atoms with E-state index in [2.05, 4.69) is 6.07 Å². The molecule has 0 aromatic heterocycles. The van der Waals surface area contributed by atoms with Crippen molar-refractivity contribution in [2.24, 2.45) is 5.41 Å². The molecule has 2 rings (SSSR count). The van der Waals surface area contributed by atoms with Gasteiger partial charge in [0.2, 0.25) is 0 Å². The zero-order chi connectivity index (χ0) is 10.7. The number of rotatable bonds is 2. The number of nitriles is 1. The maximum absolute atomic E-state index is 10.2. The number of hydrogen-bond donors (Lipinski definition) is 1. The summed E-state index contributed by atoms with van der Waals surface area (Å²) in [5.41, 5.74) is 0.322. The van der Waals surface area contributed by atoms with Gasteiger partial charge in [0.15, 0.2) is 0 Å². The average Bonchev–Trinajstić information content (AvgIpc) is 2.79. The number of aliphatic hydroxyl groups is 1. The highest BCUT2D eigenvalue weighted by Crippen LogP contribution is 2.46. The molecule has 1 saturated carbocycles. The second-order valence-corrected chi connectivity index (χ2v) is 4.29. The maximum Gasteiger partial charge on any atom is 0.0976 e. The second-order valence-electron chi connectivity index (χ2n) is 4.29. The molecule has 2 nitrogen and oxygen atoms in total. The van der Waals surface area contributed by atoms with E-state index in [-0.39, 0.29) is 0 Å². The van der Waals surface area contributed by atoms with E-state index in [1.54, 1.807) is 0 Å². The second kappa shape index (κ2) is 4.04. The zero-order valence-electron chi connectivity index (χ0n) is 8.69. The predicted molar refractivity (Wildman–Crippen MR) is 57.9 cm³/mol. The summed E-state index contributed by atoms with van der Waals surface area (Å²) in [4.78, 5) is 0. The van der Waals surface area contributed by atoms with Gasteiger partial charge in [0.05, 0.1) is 17.6 Å². The van der Waals surface area contributed by atoms with Gasteiger partial charge in [-0.05, 0) is 18.4 Å². The third-order valence-electron chi connectivity index (χ3n) is 3.36. The van der Waals surface area contributed by atoms with Gasteiger partial charge in [-0.3, -0.25) is 0 Å². The van der Waals surface area contributed by atoms with Gasteiger partial charge >= 0.3 is 0 Å². The van der Waals surface area contributed by atoms with Crippen molar-refractivity contribution in [2.45, 2.75) is 31.8 Å². The largest absolute Gasteiger partial charge is 0.387 e. The van der Waals surface area contributed by atoms with Crippen LogP contribution in [0.3, 0.4) is 0 Å². The van der Waals surface area contributed by atoms with Crippen molar-refractivity contribution in [3.63, 3.8) is 0 Å². The first-order chi connectivity index (χ1) is 7.28. The van der Waals surface area contributed by atoms with Gasteiger partial charge in [-0.2, -0.15) is 5.26 Å². The van der Waals surface area contributed by atoms with Crippen LogP contribution in [0.2, 0.25) is 0 Å². The molecule has 0 bridgehead atoms. The third kappa shape index (κ3) is 1.75. The Labute approximate surface area is 90.2 Å². The Kier molecular flexibility index (Phi) is 2.75. The molecular formula is C13H15NO. The molecule has 2 heteroatoms. The van der Waals surface area contributed by atoms with Crippen molar-refractivity contribution in [3.05, 3.63) is 35.9 Å². The highest BCUT2D eigenvalue weighted by Gasteiger charge is 2.41. The molecule has 0 amide bonds. The van der Waals surface area contributed by atoms with Crippen molar-refractivity contribution >= 4 is 0 Å². The molecule has 0 spiro atoms. The molecule has 1 N–H and O–H groups in total. The lowest BCUT2D eigenvalue weighted by atomic mass is 9.79. The van der Waals surface area contributed by atoms with E-state index in [0.717, 1.165) is 31.2 Å². The summed E-state index contributed by atoms with van der Waals surface area (Å²) < 4.78 is 0. The standard InChI is InChI=1S/C13H15NO/c14-10-13(8-4-5-9-13)12(15)11-6-2-1-3-7-11/h1-3,6-7,12,15H,4-5,8-9H2/t12-/m0/s1. The molecule has 1 aromatic rings. The summed E-state index contributed by atoms with van der Waals surface area (Å²) in [5, 5.41) is 19.5. The smallest absolute Gasteiger partial charge is 0.0976 e. The predicted octanol–water partition coefficient (Wildman–Crippen LogP) is 2.80. The first-order valence-corrected chi connectivity index (χ1v) is 5.43. The molecule has 1 aliphatic rings. The lowest BCUT2D eigenvalue weighted by molar-refractivity contribution is 0.0671. The van der Waals surface area contributed by atoms with E-state index < -0.39 is 11.5 Å². The number of benzene rings is 1. The summed E-state index contributed by atoms with van der Waals surface area (Å²) in [6, 6.07) is 11.8. The lowest BCUT2D eigenvalue weighted by Crippen LogP contribution is -2.23. The highest BCUT2D eigenvalue weighted by atomic mass is 16.3. The molecule has 0 saturated heterocycles. The summed E-state index contributed by atoms with van der Waals surface area (Å²) in [6.45, 7) is 0. The Morgan fingerprint density at radius 3 is 2.33 bits per heavy atom. The molecule has 1 aromatic carbocycles. The Morgan fingerprint density at radius 2 is 1.80 bits per heavy atom. The molecular weight excluding hydrogens is 186 g/mol. The van der Waals surface area contributed by atoms with E-state index in [0.29, 0.717) is 0 Å². The van der Waals surface area contributed by atoms with Gasteiger partial charge in [-0.15, -0.1) is 0 Å². The van der Waals surface area contributed by atoms with E-state index in [4.69, 9.17) is 0 Å². The molecule has 15 heavy (non-hydrogen) atoms. The fraction of sp³-hybridized carbons (Fsp3) is 0.462. The number of nitrogens with zero attached hydrogens (tertiary/aromatic N) is 1. The summed E-state index contributed by atoms with van der Waals surface area (Å²) in [5.74, 6) is 0. The molecule has 1 atom stereocenters. The Morgan fingerprint density at radius 1 is 1.20 bits per heavy atom. The minimum Gasteiger partial charge on any atom is -0.387 e. The Bertz CT molecular complexity index is 360. The van der Waals surface area contributed by atoms with Crippen molar-refractivity contribution in [1.82, 2.24) is 0 Å². The van der Waals surface area contributed by atoms with Crippen molar-refractivity contribution < 1.29 is 5.11 Å². The van der Waals surface area contributed by atoms with Gasteiger partial charge in [-0.1, -0.05) is 43.2 Å². The van der Waals surface area contributed by atoms with Crippen molar-refractivity contribution in [3.8, 4) is 6.07 Å². The van der Waals surface area contributed by atoms with E-state index in [1.165, 1.54) is 0 Å². The van der Waals surface area contributed by atoms with Gasteiger partial charge in [-0.25, -0.2) is 0 Å². The van der Waals surface area contributed by atoms with Crippen LogP contribution in [0.5, 0.6) is 0 Å². The SMILES string of the molecule is N#CC1([C@@H](O)c2ccccc2)CCCC1. The molecule has 0 aliphatic heterocycles. The van der Waals surface area contributed by atoms with Crippen LogP contribution < -0.4 is 0 Å². The Hall–Kier alpha value is -1.33. The minimum atomic E-state index is -0.633. The Balaban J connectivity index is 2.27. The van der Waals surface area contributed by atoms with E-state index >= 15 is 0 Å². The fourth-order valence-electron chi connectivity index (χ4n) is 2.41. The first-order valence-electron chi connectivity index (χ1n) is 5.43. The van der Waals surface area contributed by atoms with Crippen LogP contribution in [-0.2, 0) is 0 Å². The number of aliphatic hydroxyl groups excluding tert-OH is 1. The van der Waals surface area contributed by atoms with Gasteiger partial charge in [0.25, 0.3) is 0 Å². The zero-order valence-corrected chi connectivity index (χ0v) is 8.69. The molecule has 0 unspecified atom stereocenters. The molecule has 1 fully saturated rings. The minimum absolute atomic E-state index is 0.540. The van der Waals surface area contributed by atoms with Crippen molar-refractivity contribution in [1.29, 1.82) is 5.26 Å². The van der Waals surface area contributed by atoms with Gasteiger partial charge in [0.1, 0.15) is 0 Å². The summed E-state index contributed by atoms with van der Waals surface area (Å²) in [6.07, 6.45) is 3.11. The summed E-state index contributed by atoms with van der Waals surface area (Å²) >= 11 is 0. The molecule has 1 aliphatic carbocycles. The highest BCUT2D eigenvalue weighted by molar-refractivity contribution is 5.23. The van der Waals surface area contributed by atoms with Crippen LogP contribution in [0.25, 0.3) is 0 Å². The van der Waals surface area contributed by atoms with Gasteiger partial charge in [0, 0.05) is 0 Å². The lowest BCUT2D eigenvalue weighted by Gasteiger charge is -2.27. The van der Waals surface area contributed by atoms with Crippen LogP contribution in [0.4, 0.5) is 0 Å². The first kappa shape index (κ1) is 10.2. The van der Waals surface area contributed by atoms with Gasteiger partial charge < -0.3 is 5.11 Å². The molecule has 0 radical (unpaired) electrons. The quantitative estimate of drug-likeness (QED) is 0.799. The van der Waals surface area contributed by atoms with E-state index in [9.17, 15) is 10.4 Å². The third-order valence-corrected chi connectivity index (χ3v) is 3.36. The molecule has 0 heterocycles. The topological polar surface area (TPSA) is 44.0 Å². The normalized spacial score (nSPS) is 20.8. The fourth-order valence-corrected chi connectivity index (χ4v) is 2.41. The van der Waals surface area contributed by atoms with Crippen LogP contribution in [0.15, 0.2) is 30.3 Å². The average molecular weight is 201 g/mol. The number of hydrogen-bond acceptors (Lipinski definition) is 2. The van der Waals surface area contributed by atoms with Crippen LogP contribution in [0.1, 0.15) is 37.4 Å². The van der Waals surface area contributed by atoms with Crippen LogP contribution >= 0.6 is 0 Å². The summed E-state index contributed by atoms with van der Waals surface area (Å²) in [7, 11) is 0. The van der Waals surface area contributed by atoms with Crippen LogP contribution in [0, 0.1) is 16.7 Å². The monoisotopic (exact) mass is 201 g/mol. The maximum atomic E-state index is 10.2.